The highest BCUT2D eigenvalue weighted by atomic mass is 35.5. The minimum atomic E-state index is -3.11. The van der Waals surface area contributed by atoms with Gasteiger partial charge in [0.15, 0.2) is 9.84 Å². The van der Waals surface area contributed by atoms with E-state index in [1.54, 1.807) is 18.5 Å². The van der Waals surface area contributed by atoms with Crippen molar-refractivity contribution in [2.75, 3.05) is 11.5 Å². The van der Waals surface area contributed by atoms with Crippen LogP contribution in [0.25, 0.3) is 0 Å². The molecule has 0 spiro atoms. The van der Waals surface area contributed by atoms with Crippen molar-refractivity contribution >= 4 is 27.3 Å². The fourth-order valence-corrected chi connectivity index (χ4v) is 5.64. The number of nitrogens with zero attached hydrogens (tertiary/aromatic N) is 2. The van der Waals surface area contributed by atoms with Crippen LogP contribution in [0.2, 0.25) is 5.15 Å². The van der Waals surface area contributed by atoms with Gasteiger partial charge in [0.2, 0.25) is 0 Å². The fourth-order valence-electron chi connectivity index (χ4n) is 3.23. The Bertz CT molecular complexity index is 951. The maximum absolute atomic E-state index is 12.7. The molecule has 0 saturated carbocycles. The standard InChI is InChI=1S/C18H22ClN3O3S/c1-12-4-6-14(7-5-12)10-22-16(19)15(13(2)21-22)17(23)20-18(3)8-9-26(24,25)11-18/h4-7H,8-11H2,1-3H3,(H,20,23)/t18-/m0/s1. The zero-order valence-electron chi connectivity index (χ0n) is 15.0. The third kappa shape index (κ3) is 3.94. The highest BCUT2D eigenvalue weighted by Gasteiger charge is 2.40. The van der Waals surface area contributed by atoms with Crippen LogP contribution in [-0.4, -0.2) is 41.2 Å². The molecule has 1 N–H and O–H groups in total. The lowest BCUT2D eigenvalue weighted by atomic mass is 10.0. The molecule has 1 atom stereocenters. The molecule has 3 rings (SSSR count). The largest absolute Gasteiger partial charge is 0.346 e. The van der Waals surface area contributed by atoms with Crippen molar-refractivity contribution < 1.29 is 13.2 Å². The number of sulfone groups is 1. The number of rotatable bonds is 4. The Morgan fingerprint density at radius 3 is 2.54 bits per heavy atom. The van der Waals surface area contributed by atoms with Crippen molar-refractivity contribution in [2.45, 2.75) is 39.3 Å². The Kier molecular flexibility index (Phi) is 4.88. The summed E-state index contributed by atoms with van der Waals surface area (Å²) in [6, 6.07) is 8.00. The SMILES string of the molecule is Cc1ccc(Cn2nc(C)c(C(=O)N[C@@]3(C)CCS(=O)(=O)C3)c2Cl)cc1. The molecule has 0 aliphatic carbocycles. The molecule has 1 aliphatic rings. The lowest BCUT2D eigenvalue weighted by Gasteiger charge is -2.23. The molecule has 1 aromatic carbocycles. The molecule has 1 amide bonds. The van der Waals surface area contributed by atoms with Gasteiger partial charge in [-0.15, -0.1) is 0 Å². The number of nitrogens with one attached hydrogen (secondary N) is 1. The van der Waals surface area contributed by atoms with Crippen LogP contribution in [0, 0.1) is 13.8 Å². The van der Waals surface area contributed by atoms with E-state index in [4.69, 9.17) is 11.6 Å². The number of carbonyl (C=O) groups excluding carboxylic acids is 1. The highest BCUT2D eigenvalue weighted by molar-refractivity contribution is 7.91. The number of hydrogen-bond donors (Lipinski definition) is 1. The molecule has 1 saturated heterocycles. The van der Waals surface area contributed by atoms with Crippen molar-refractivity contribution in [1.29, 1.82) is 0 Å². The maximum atomic E-state index is 12.7. The predicted octanol–water partition coefficient (Wildman–Crippen LogP) is 2.51. The van der Waals surface area contributed by atoms with Gasteiger partial charge in [-0.2, -0.15) is 5.10 Å². The summed E-state index contributed by atoms with van der Waals surface area (Å²) in [4.78, 5) is 12.7. The quantitative estimate of drug-likeness (QED) is 0.862. The summed E-state index contributed by atoms with van der Waals surface area (Å²) in [6.07, 6.45) is 0.398. The Hall–Kier alpha value is -1.86. The summed E-state index contributed by atoms with van der Waals surface area (Å²) in [5.41, 5.74) is 2.23. The van der Waals surface area contributed by atoms with E-state index in [1.165, 1.54) is 0 Å². The molecule has 140 valence electrons. The van der Waals surface area contributed by atoms with Gasteiger partial charge in [-0.25, -0.2) is 13.1 Å². The average molecular weight is 396 g/mol. The van der Waals surface area contributed by atoms with Gasteiger partial charge in [-0.1, -0.05) is 41.4 Å². The van der Waals surface area contributed by atoms with Gasteiger partial charge in [0.25, 0.3) is 5.91 Å². The van der Waals surface area contributed by atoms with Crippen molar-refractivity contribution in [3.05, 3.63) is 51.8 Å². The predicted molar refractivity (Wildman–Crippen MR) is 101 cm³/mol. The molecule has 2 heterocycles. The Morgan fingerprint density at radius 2 is 1.96 bits per heavy atom. The number of benzene rings is 1. The van der Waals surface area contributed by atoms with Crippen LogP contribution in [0.1, 0.15) is 40.5 Å². The molecular formula is C18H22ClN3O3S. The smallest absolute Gasteiger partial charge is 0.256 e. The van der Waals surface area contributed by atoms with Gasteiger partial charge >= 0.3 is 0 Å². The second kappa shape index (κ2) is 6.70. The second-order valence-electron chi connectivity index (χ2n) is 7.25. The number of hydrogen-bond acceptors (Lipinski definition) is 4. The second-order valence-corrected chi connectivity index (χ2v) is 9.79. The van der Waals surface area contributed by atoms with Crippen LogP contribution in [0.5, 0.6) is 0 Å². The van der Waals surface area contributed by atoms with Crippen LogP contribution in [0.3, 0.4) is 0 Å². The Labute approximate surface area is 158 Å². The van der Waals surface area contributed by atoms with Crippen LogP contribution < -0.4 is 5.32 Å². The molecule has 6 nitrogen and oxygen atoms in total. The molecule has 1 aliphatic heterocycles. The van der Waals surface area contributed by atoms with Crippen molar-refractivity contribution in [1.82, 2.24) is 15.1 Å². The first-order valence-electron chi connectivity index (χ1n) is 8.40. The van der Waals surface area contributed by atoms with E-state index in [-0.39, 0.29) is 22.6 Å². The normalized spacial score (nSPS) is 21.7. The summed E-state index contributed by atoms with van der Waals surface area (Å²) in [7, 11) is -3.11. The van der Waals surface area contributed by atoms with Gasteiger partial charge in [0.1, 0.15) is 5.15 Å². The first kappa shape index (κ1) is 18.9. The Morgan fingerprint density at radius 1 is 1.31 bits per heavy atom. The van der Waals surface area contributed by atoms with E-state index in [0.717, 1.165) is 11.1 Å². The summed E-state index contributed by atoms with van der Waals surface area (Å²) >= 11 is 6.41. The van der Waals surface area contributed by atoms with E-state index >= 15 is 0 Å². The van der Waals surface area contributed by atoms with Gasteiger partial charge in [-0.05, 0) is 32.8 Å². The molecule has 8 heteroatoms. The summed E-state index contributed by atoms with van der Waals surface area (Å²) in [5, 5.41) is 7.47. The number of aromatic nitrogens is 2. The first-order chi connectivity index (χ1) is 12.1. The molecule has 0 radical (unpaired) electrons. The fraction of sp³-hybridized carbons (Fsp3) is 0.444. The van der Waals surface area contributed by atoms with Crippen molar-refractivity contribution in [3.63, 3.8) is 0 Å². The average Bonchev–Trinajstić information content (AvgIpc) is 2.97. The van der Waals surface area contributed by atoms with E-state index in [1.807, 2.05) is 31.2 Å². The number of carbonyl (C=O) groups is 1. The minimum absolute atomic E-state index is 0.0556. The van der Waals surface area contributed by atoms with Crippen LogP contribution >= 0.6 is 11.6 Å². The molecule has 26 heavy (non-hydrogen) atoms. The third-order valence-corrected chi connectivity index (χ3v) is 6.95. The summed E-state index contributed by atoms with van der Waals surface area (Å²) < 4.78 is 25.1. The van der Waals surface area contributed by atoms with Crippen LogP contribution in [0.15, 0.2) is 24.3 Å². The van der Waals surface area contributed by atoms with Gasteiger partial charge in [0, 0.05) is 0 Å². The van der Waals surface area contributed by atoms with Crippen molar-refractivity contribution in [3.8, 4) is 0 Å². The lowest BCUT2D eigenvalue weighted by molar-refractivity contribution is 0.0915. The molecule has 1 aromatic heterocycles. The molecular weight excluding hydrogens is 374 g/mol. The van der Waals surface area contributed by atoms with Gasteiger partial charge in [-0.3, -0.25) is 4.79 Å². The number of aryl methyl sites for hydroxylation is 2. The molecule has 0 bridgehead atoms. The van der Waals surface area contributed by atoms with E-state index in [0.29, 0.717) is 24.2 Å². The highest BCUT2D eigenvalue weighted by Crippen LogP contribution is 2.26. The zero-order chi connectivity index (χ0) is 19.1. The minimum Gasteiger partial charge on any atom is -0.346 e. The monoisotopic (exact) mass is 395 g/mol. The van der Waals surface area contributed by atoms with Gasteiger partial charge in [0.05, 0.1) is 34.8 Å². The zero-order valence-corrected chi connectivity index (χ0v) is 16.6. The summed E-state index contributed by atoms with van der Waals surface area (Å²) in [6.45, 7) is 5.94. The van der Waals surface area contributed by atoms with E-state index < -0.39 is 15.4 Å². The third-order valence-electron chi connectivity index (χ3n) is 4.66. The topological polar surface area (TPSA) is 81.1 Å². The van der Waals surface area contributed by atoms with Crippen molar-refractivity contribution in [2.24, 2.45) is 0 Å². The number of amides is 1. The van der Waals surface area contributed by atoms with E-state index in [2.05, 4.69) is 10.4 Å². The van der Waals surface area contributed by atoms with Crippen LogP contribution in [-0.2, 0) is 16.4 Å². The first-order valence-corrected chi connectivity index (χ1v) is 10.6. The van der Waals surface area contributed by atoms with Gasteiger partial charge < -0.3 is 5.32 Å². The van der Waals surface area contributed by atoms with E-state index in [9.17, 15) is 13.2 Å². The lowest BCUT2D eigenvalue weighted by Crippen LogP contribution is -2.47. The maximum Gasteiger partial charge on any atom is 0.256 e. The molecule has 1 fully saturated rings. The Balaban J connectivity index is 1.81. The number of halogens is 1. The molecule has 2 aromatic rings. The summed E-state index contributed by atoms with van der Waals surface area (Å²) in [5.74, 6) is -0.356. The molecule has 0 unspecified atom stereocenters. The van der Waals surface area contributed by atoms with Crippen LogP contribution in [0.4, 0.5) is 0 Å².